The van der Waals surface area contributed by atoms with E-state index in [2.05, 4.69) is 63.3 Å². The molecule has 1 aliphatic heterocycles. The van der Waals surface area contributed by atoms with Crippen molar-refractivity contribution in [1.29, 1.82) is 0 Å². The third kappa shape index (κ3) is 4.50. The standard InChI is InChI=1S/C26H31N5OS/c1-16(2)25(32)28-20-12-11-19(15-18(20)5)31-24(22-10-8-14-30(22)17(3)4)23(29-26(31)33)21-9-6-7-13-27-21/h6-17,23-24H,1-5H3,(H,28,32)(H,29,33)/t23-,24-/m1/s1. The summed E-state index contributed by atoms with van der Waals surface area (Å²) in [6, 6.07) is 16.4. The van der Waals surface area contributed by atoms with E-state index in [1.165, 1.54) is 5.69 Å². The number of amides is 1. The second-order valence-corrected chi connectivity index (χ2v) is 9.46. The first-order valence-electron chi connectivity index (χ1n) is 11.4. The molecule has 3 aromatic rings. The number of aryl methyl sites for hydroxylation is 1. The van der Waals surface area contributed by atoms with Crippen LogP contribution in [-0.4, -0.2) is 20.6 Å². The summed E-state index contributed by atoms with van der Waals surface area (Å²) in [5, 5.41) is 7.19. The SMILES string of the molecule is Cc1cc(N2C(=S)N[C@H](c3ccccn3)[C@H]2c2cccn2C(C)C)ccc1NC(=O)C(C)C. The average Bonchev–Trinajstić information content (AvgIpc) is 3.40. The predicted molar refractivity (Wildman–Crippen MR) is 137 cm³/mol. The van der Waals surface area contributed by atoms with Gasteiger partial charge < -0.3 is 20.1 Å². The molecule has 7 heteroatoms. The van der Waals surface area contributed by atoms with Crippen LogP contribution in [0, 0.1) is 12.8 Å². The highest BCUT2D eigenvalue weighted by atomic mass is 32.1. The zero-order valence-corrected chi connectivity index (χ0v) is 20.6. The van der Waals surface area contributed by atoms with Gasteiger partial charge in [-0.2, -0.15) is 0 Å². The molecular weight excluding hydrogens is 430 g/mol. The second-order valence-electron chi connectivity index (χ2n) is 9.07. The Bertz CT molecular complexity index is 1150. The van der Waals surface area contributed by atoms with Crippen molar-refractivity contribution in [3.8, 4) is 0 Å². The van der Waals surface area contributed by atoms with Crippen molar-refractivity contribution < 1.29 is 4.79 Å². The van der Waals surface area contributed by atoms with Crippen LogP contribution in [0.2, 0.25) is 0 Å². The van der Waals surface area contributed by atoms with E-state index in [1.807, 2.05) is 57.3 Å². The van der Waals surface area contributed by atoms with Crippen LogP contribution in [0.5, 0.6) is 0 Å². The number of thiocarbonyl (C=S) groups is 1. The monoisotopic (exact) mass is 461 g/mol. The van der Waals surface area contributed by atoms with E-state index >= 15 is 0 Å². The molecule has 0 unspecified atom stereocenters. The van der Waals surface area contributed by atoms with Gasteiger partial charge in [-0.1, -0.05) is 19.9 Å². The minimum atomic E-state index is -0.0910. The normalized spacial score (nSPS) is 18.2. The highest BCUT2D eigenvalue weighted by molar-refractivity contribution is 7.80. The number of aromatic nitrogens is 2. The summed E-state index contributed by atoms with van der Waals surface area (Å²) in [5.74, 6) is -0.0705. The maximum absolute atomic E-state index is 12.2. The van der Waals surface area contributed by atoms with Crippen molar-refractivity contribution in [3.63, 3.8) is 0 Å². The maximum atomic E-state index is 12.2. The van der Waals surface area contributed by atoms with Gasteiger partial charge in [0.05, 0.1) is 11.7 Å². The van der Waals surface area contributed by atoms with Gasteiger partial charge in [0.2, 0.25) is 5.91 Å². The van der Waals surface area contributed by atoms with Gasteiger partial charge in [-0.05, 0) is 81.0 Å². The third-order valence-electron chi connectivity index (χ3n) is 6.04. The molecule has 1 aliphatic rings. The first kappa shape index (κ1) is 23.0. The number of nitrogens with one attached hydrogen (secondary N) is 2. The van der Waals surface area contributed by atoms with Crippen molar-refractivity contribution in [2.45, 2.75) is 52.7 Å². The summed E-state index contributed by atoms with van der Waals surface area (Å²) in [5.41, 5.74) is 4.90. The van der Waals surface area contributed by atoms with Crippen LogP contribution in [0.4, 0.5) is 11.4 Å². The van der Waals surface area contributed by atoms with E-state index in [9.17, 15) is 4.79 Å². The van der Waals surface area contributed by atoms with Gasteiger partial charge in [-0.3, -0.25) is 9.78 Å². The second kappa shape index (κ2) is 9.35. The number of pyridine rings is 1. The Kier molecular flexibility index (Phi) is 6.51. The van der Waals surface area contributed by atoms with E-state index < -0.39 is 0 Å². The molecule has 2 atom stereocenters. The highest BCUT2D eigenvalue weighted by Gasteiger charge is 2.42. The quantitative estimate of drug-likeness (QED) is 0.472. The molecule has 1 fully saturated rings. The average molecular weight is 462 g/mol. The zero-order valence-electron chi connectivity index (χ0n) is 19.7. The molecule has 2 N–H and O–H groups in total. The maximum Gasteiger partial charge on any atom is 0.226 e. The van der Waals surface area contributed by atoms with Crippen molar-refractivity contribution in [3.05, 3.63) is 77.9 Å². The van der Waals surface area contributed by atoms with Gasteiger partial charge in [0.1, 0.15) is 6.04 Å². The minimum absolute atomic E-state index is 0.00654. The van der Waals surface area contributed by atoms with Crippen LogP contribution in [0.1, 0.15) is 62.8 Å². The summed E-state index contributed by atoms with van der Waals surface area (Å²) >= 11 is 5.85. The fourth-order valence-electron chi connectivity index (χ4n) is 4.28. The van der Waals surface area contributed by atoms with E-state index in [4.69, 9.17) is 12.2 Å². The minimum Gasteiger partial charge on any atom is -0.351 e. The summed E-state index contributed by atoms with van der Waals surface area (Å²) in [4.78, 5) is 19.0. The summed E-state index contributed by atoms with van der Waals surface area (Å²) in [6.45, 7) is 10.1. The first-order chi connectivity index (χ1) is 15.8. The van der Waals surface area contributed by atoms with Crippen molar-refractivity contribution in [2.75, 3.05) is 10.2 Å². The lowest BCUT2D eigenvalue weighted by Gasteiger charge is -2.30. The first-order valence-corrected chi connectivity index (χ1v) is 11.8. The Morgan fingerprint density at radius 3 is 2.55 bits per heavy atom. The lowest BCUT2D eigenvalue weighted by atomic mass is 10.00. The van der Waals surface area contributed by atoms with E-state index in [0.717, 1.165) is 22.6 Å². The molecular formula is C26H31N5OS. The number of anilines is 2. The van der Waals surface area contributed by atoms with Crippen LogP contribution >= 0.6 is 12.2 Å². The lowest BCUT2D eigenvalue weighted by Crippen LogP contribution is -2.30. The van der Waals surface area contributed by atoms with Gasteiger partial charge >= 0.3 is 0 Å². The molecule has 1 saturated heterocycles. The highest BCUT2D eigenvalue weighted by Crippen LogP contribution is 2.42. The molecule has 0 aliphatic carbocycles. The van der Waals surface area contributed by atoms with Crippen molar-refractivity contribution in [2.24, 2.45) is 5.92 Å². The van der Waals surface area contributed by atoms with Gasteiger partial charge in [0, 0.05) is 41.4 Å². The fourth-order valence-corrected chi connectivity index (χ4v) is 4.62. The molecule has 1 amide bonds. The number of benzene rings is 1. The molecule has 3 heterocycles. The molecule has 0 bridgehead atoms. The van der Waals surface area contributed by atoms with E-state index in [0.29, 0.717) is 11.2 Å². The number of nitrogens with zero attached hydrogens (tertiary/aromatic N) is 3. The third-order valence-corrected chi connectivity index (χ3v) is 6.35. The molecule has 6 nitrogen and oxygen atoms in total. The Morgan fingerprint density at radius 2 is 1.91 bits per heavy atom. The van der Waals surface area contributed by atoms with Crippen molar-refractivity contribution >= 4 is 34.6 Å². The van der Waals surface area contributed by atoms with Crippen LogP contribution in [0.15, 0.2) is 60.9 Å². The largest absolute Gasteiger partial charge is 0.351 e. The van der Waals surface area contributed by atoms with Gasteiger partial charge in [-0.25, -0.2) is 0 Å². The van der Waals surface area contributed by atoms with Gasteiger partial charge in [0.15, 0.2) is 5.11 Å². The summed E-state index contributed by atoms with van der Waals surface area (Å²) in [6.07, 6.45) is 3.93. The van der Waals surface area contributed by atoms with Crippen LogP contribution < -0.4 is 15.5 Å². The van der Waals surface area contributed by atoms with E-state index in [1.54, 1.807) is 0 Å². The van der Waals surface area contributed by atoms with Gasteiger partial charge in [-0.15, -0.1) is 0 Å². The van der Waals surface area contributed by atoms with Crippen LogP contribution in [-0.2, 0) is 4.79 Å². The summed E-state index contributed by atoms with van der Waals surface area (Å²) < 4.78 is 2.29. The predicted octanol–water partition coefficient (Wildman–Crippen LogP) is 5.54. The number of rotatable bonds is 6. The molecule has 0 radical (unpaired) electrons. The van der Waals surface area contributed by atoms with Crippen LogP contribution in [0.25, 0.3) is 0 Å². The topological polar surface area (TPSA) is 62.2 Å². The Balaban J connectivity index is 1.77. The van der Waals surface area contributed by atoms with Crippen molar-refractivity contribution in [1.82, 2.24) is 14.9 Å². The molecule has 33 heavy (non-hydrogen) atoms. The zero-order chi connectivity index (χ0) is 23.7. The molecule has 1 aromatic carbocycles. The fraction of sp³-hybridized carbons (Fsp3) is 0.346. The smallest absolute Gasteiger partial charge is 0.226 e. The summed E-state index contributed by atoms with van der Waals surface area (Å²) in [7, 11) is 0. The molecule has 4 rings (SSSR count). The Hall–Kier alpha value is -3.19. The molecule has 0 saturated carbocycles. The number of carbonyl (C=O) groups is 1. The van der Waals surface area contributed by atoms with E-state index in [-0.39, 0.29) is 23.9 Å². The van der Waals surface area contributed by atoms with Gasteiger partial charge in [0.25, 0.3) is 0 Å². The molecule has 172 valence electrons. The Morgan fingerprint density at radius 1 is 1.12 bits per heavy atom. The lowest BCUT2D eigenvalue weighted by molar-refractivity contribution is -0.118. The van der Waals surface area contributed by atoms with Crippen LogP contribution in [0.3, 0.4) is 0 Å². The molecule has 2 aromatic heterocycles. The number of carbonyl (C=O) groups excluding carboxylic acids is 1. The number of hydrogen-bond donors (Lipinski definition) is 2. The number of hydrogen-bond acceptors (Lipinski definition) is 3. The molecule has 0 spiro atoms. The Labute approximate surface area is 201 Å².